The third-order valence-electron chi connectivity index (χ3n) is 3.75. The Morgan fingerprint density at radius 3 is 1.69 bits per heavy atom. The molecule has 4 nitrogen and oxygen atoms in total. The largest absolute Gasteiger partial charge is 0.423 e. The molecular formula is C22H22O4. The highest BCUT2D eigenvalue weighted by Crippen LogP contribution is 2.31. The number of benzene rings is 2. The molecule has 4 heteroatoms. The maximum atomic E-state index is 11.8. The molecular weight excluding hydrogens is 328 g/mol. The third kappa shape index (κ3) is 4.48. The van der Waals surface area contributed by atoms with Crippen molar-refractivity contribution in [2.75, 3.05) is 0 Å². The van der Waals surface area contributed by atoms with E-state index in [-0.39, 0.29) is 0 Å². The van der Waals surface area contributed by atoms with E-state index in [1.807, 2.05) is 38.1 Å². The fraction of sp³-hybridized carbons (Fsp3) is 0.182. The Labute approximate surface area is 153 Å². The first kappa shape index (κ1) is 19.2. The van der Waals surface area contributed by atoms with E-state index in [1.54, 1.807) is 26.0 Å². The van der Waals surface area contributed by atoms with Crippen LogP contribution in [0.2, 0.25) is 0 Å². The Hall–Kier alpha value is -3.14. The molecule has 134 valence electrons. The zero-order valence-corrected chi connectivity index (χ0v) is 15.5. The number of carbonyl (C=O) groups is 2. The van der Waals surface area contributed by atoms with Crippen molar-refractivity contribution in [1.82, 2.24) is 0 Å². The predicted molar refractivity (Wildman–Crippen MR) is 102 cm³/mol. The summed E-state index contributed by atoms with van der Waals surface area (Å²) >= 11 is 0. The van der Waals surface area contributed by atoms with Crippen molar-refractivity contribution < 1.29 is 19.1 Å². The normalized spacial score (nSPS) is 10.2. The second-order valence-electron chi connectivity index (χ2n) is 6.30. The Morgan fingerprint density at radius 1 is 0.769 bits per heavy atom. The van der Waals surface area contributed by atoms with Crippen LogP contribution in [0.5, 0.6) is 11.5 Å². The lowest BCUT2D eigenvalue weighted by Gasteiger charge is -2.13. The molecule has 0 aliphatic rings. The monoisotopic (exact) mass is 350 g/mol. The van der Waals surface area contributed by atoms with Gasteiger partial charge in [-0.2, -0.15) is 0 Å². The van der Waals surface area contributed by atoms with Crippen LogP contribution in [0.1, 0.15) is 25.0 Å². The zero-order valence-electron chi connectivity index (χ0n) is 15.5. The van der Waals surface area contributed by atoms with Crippen molar-refractivity contribution in [2.45, 2.75) is 27.7 Å². The lowest BCUT2D eigenvalue weighted by atomic mass is 9.99. The Balaban J connectivity index is 2.26. The molecule has 0 saturated heterocycles. The summed E-state index contributed by atoms with van der Waals surface area (Å²) in [5.74, 6) is 0.122. The highest BCUT2D eigenvalue weighted by Gasteiger charge is 2.13. The van der Waals surface area contributed by atoms with Crippen molar-refractivity contribution >= 4 is 11.9 Å². The van der Waals surface area contributed by atoms with Crippen LogP contribution >= 0.6 is 0 Å². The van der Waals surface area contributed by atoms with Gasteiger partial charge in [0.25, 0.3) is 0 Å². The summed E-state index contributed by atoms with van der Waals surface area (Å²) in [5, 5.41) is 0. The van der Waals surface area contributed by atoms with E-state index >= 15 is 0 Å². The first-order valence-electron chi connectivity index (χ1n) is 8.16. The maximum absolute atomic E-state index is 11.8. The second kappa shape index (κ2) is 7.83. The molecule has 0 aliphatic carbocycles. The molecule has 0 atom stereocenters. The molecule has 2 rings (SSSR count). The number of carbonyl (C=O) groups excluding carboxylic acids is 2. The van der Waals surface area contributed by atoms with Gasteiger partial charge in [0, 0.05) is 11.1 Å². The van der Waals surface area contributed by atoms with E-state index in [9.17, 15) is 9.59 Å². The Morgan fingerprint density at radius 2 is 1.23 bits per heavy atom. The van der Waals surface area contributed by atoms with Gasteiger partial charge in [0.15, 0.2) is 0 Å². The number of hydrogen-bond donors (Lipinski definition) is 0. The molecule has 0 bridgehead atoms. The van der Waals surface area contributed by atoms with Gasteiger partial charge in [0.2, 0.25) is 0 Å². The molecule has 0 heterocycles. The van der Waals surface area contributed by atoms with E-state index in [4.69, 9.17) is 9.47 Å². The summed E-state index contributed by atoms with van der Waals surface area (Å²) in [5.41, 5.74) is 4.35. The summed E-state index contributed by atoms with van der Waals surface area (Å²) in [7, 11) is 0. The average molecular weight is 350 g/mol. The Bertz CT molecular complexity index is 866. The minimum atomic E-state index is -0.451. The quantitative estimate of drug-likeness (QED) is 0.436. The molecule has 2 aromatic rings. The van der Waals surface area contributed by atoms with Crippen molar-refractivity contribution in [3.8, 4) is 22.6 Å². The van der Waals surface area contributed by atoms with Gasteiger partial charge in [-0.25, -0.2) is 9.59 Å². The van der Waals surface area contributed by atoms with E-state index in [0.29, 0.717) is 22.6 Å². The van der Waals surface area contributed by atoms with Gasteiger partial charge in [0.05, 0.1) is 0 Å². The lowest BCUT2D eigenvalue weighted by Crippen LogP contribution is -2.10. The van der Waals surface area contributed by atoms with E-state index in [1.165, 1.54) is 0 Å². The minimum Gasteiger partial charge on any atom is -0.423 e. The summed E-state index contributed by atoms with van der Waals surface area (Å²) < 4.78 is 10.6. The number of hydrogen-bond acceptors (Lipinski definition) is 4. The predicted octanol–water partition coefficient (Wildman–Crippen LogP) is 4.93. The summed E-state index contributed by atoms with van der Waals surface area (Å²) in [6, 6.07) is 11.1. The van der Waals surface area contributed by atoms with E-state index in [2.05, 4.69) is 13.2 Å². The number of rotatable bonds is 5. The zero-order chi connectivity index (χ0) is 19.4. The van der Waals surface area contributed by atoms with Crippen LogP contribution in [-0.4, -0.2) is 11.9 Å². The summed E-state index contributed by atoms with van der Waals surface area (Å²) in [4.78, 5) is 23.3. The molecule has 0 N–H and O–H groups in total. The van der Waals surface area contributed by atoms with Crippen LogP contribution in [0, 0.1) is 13.8 Å². The van der Waals surface area contributed by atoms with Gasteiger partial charge in [-0.15, -0.1) is 0 Å². The van der Waals surface area contributed by atoms with E-state index < -0.39 is 11.9 Å². The molecule has 0 unspecified atom stereocenters. The number of aryl methyl sites for hydroxylation is 2. The average Bonchev–Trinajstić information content (AvgIpc) is 2.58. The summed E-state index contributed by atoms with van der Waals surface area (Å²) in [6.07, 6.45) is 0. The number of ether oxygens (including phenoxy) is 2. The molecule has 2 aromatic carbocycles. The second-order valence-corrected chi connectivity index (χ2v) is 6.30. The van der Waals surface area contributed by atoms with Crippen LogP contribution < -0.4 is 9.47 Å². The van der Waals surface area contributed by atoms with Crippen LogP contribution in [0.3, 0.4) is 0 Å². The fourth-order valence-electron chi connectivity index (χ4n) is 2.37. The third-order valence-corrected chi connectivity index (χ3v) is 3.75. The smallest absolute Gasteiger partial charge is 0.338 e. The van der Waals surface area contributed by atoms with Crippen molar-refractivity contribution in [2.24, 2.45) is 0 Å². The van der Waals surface area contributed by atoms with E-state index in [0.717, 1.165) is 22.3 Å². The van der Waals surface area contributed by atoms with Crippen molar-refractivity contribution in [1.29, 1.82) is 0 Å². The van der Waals surface area contributed by atoms with Gasteiger partial charge < -0.3 is 9.47 Å². The van der Waals surface area contributed by atoms with Gasteiger partial charge in [-0.05, 0) is 74.2 Å². The molecule has 0 aromatic heterocycles. The standard InChI is InChI=1S/C22H22O4/c1-13(2)21(23)25-19-9-7-17(8-10-19)18-11-15(5)20(16(6)12-18)26-22(24)14(3)4/h7-12H,1,3H2,2,4-6H3. The molecule has 0 aliphatic heterocycles. The first-order valence-corrected chi connectivity index (χ1v) is 8.16. The lowest BCUT2D eigenvalue weighted by molar-refractivity contribution is -0.131. The SMILES string of the molecule is C=C(C)C(=O)Oc1ccc(-c2cc(C)c(OC(=O)C(=C)C)c(C)c2)cc1. The van der Waals surface area contributed by atoms with Gasteiger partial charge in [0.1, 0.15) is 11.5 Å². The summed E-state index contributed by atoms with van der Waals surface area (Å²) in [6.45, 7) is 14.2. The minimum absolute atomic E-state index is 0.347. The van der Waals surface area contributed by atoms with Gasteiger partial charge in [-0.3, -0.25) is 0 Å². The van der Waals surface area contributed by atoms with Gasteiger partial charge >= 0.3 is 11.9 Å². The first-order chi connectivity index (χ1) is 12.2. The van der Waals surface area contributed by atoms with Crippen molar-refractivity contribution in [3.63, 3.8) is 0 Å². The van der Waals surface area contributed by atoms with Crippen LogP contribution in [0.4, 0.5) is 0 Å². The topological polar surface area (TPSA) is 52.6 Å². The molecule has 0 radical (unpaired) electrons. The molecule has 0 saturated carbocycles. The van der Waals surface area contributed by atoms with Crippen molar-refractivity contribution in [3.05, 3.63) is 71.8 Å². The highest BCUT2D eigenvalue weighted by molar-refractivity contribution is 5.89. The van der Waals surface area contributed by atoms with Crippen LogP contribution in [0.25, 0.3) is 11.1 Å². The Kier molecular flexibility index (Phi) is 5.78. The molecule has 0 amide bonds. The molecule has 0 spiro atoms. The molecule has 26 heavy (non-hydrogen) atoms. The van der Waals surface area contributed by atoms with Crippen LogP contribution in [-0.2, 0) is 9.59 Å². The fourth-order valence-corrected chi connectivity index (χ4v) is 2.37. The highest BCUT2D eigenvalue weighted by atomic mass is 16.5. The molecule has 0 fully saturated rings. The van der Waals surface area contributed by atoms with Gasteiger partial charge in [-0.1, -0.05) is 25.3 Å². The number of esters is 2. The van der Waals surface area contributed by atoms with Crippen LogP contribution in [0.15, 0.2) is 60.7 Å². The maximum Gasteiger partial charge on any atom is 0.338 e.